The van der Waals surface area contributed by atoms with Crippen LogP contribution >= 0.6 is 0 Å². The van der Waals surface area contributed by atoms with Crippen LogP contribution in [0.3, 0.4) is 0 Å². The first-order valence-corrected chi connectivity index (χ1v) is 11.9. The van der Waals surface area contributed by atoms with Crippen molar-refractivity contribution < 1.29 is 22.1 Å². The molecule has 0 saturated carbocycles. The predicted molar refractivity (Wildman–Crippen MR) is 119 cm³/mol. The van der Waals surface area contributed by atoms with E-state index in [0.717, 1.165) is 0 Å². The monoisotopic (exact) mass is 473 g/mol. The van der Waals surface area contributed by atoms with E-state index < -0.39 is 10.0 Å². The number of halogens is 1. The summed E-state index contributed by atoms with van der Waals surface area (Å²) < 4.78 is 45.5. The Kier molecular flexibility index (Phi) is 6.82. The Hall–Kier alpha value is -3.15. The molecule has 0 bridgehead atoms. The maximum Gasteiger partial charge on any atom is 0.243 e. The smallest absolute Gasteiger partial charge is 0.243 e. The van der Waals surface area contributed by atoms with Gasteiger partial charge in [-0.15, -0.1) is 0 Å². The Morgan fingerprint density at radius 2 is 1.85 bits per heavy atom. The van der Waals surface area contributed by atoms with Gasteiger partial charge in [-0.2, -0.15) is 9.29 Å². The lowest BCUT2D eigenvalue weighted by atomic mass is 10.2. The van der Waals surface area contributed by atoms with Gasteiger partial charge in [-0.25, -0.2) is 12.8 Å². The predicted octanol–water partition coefficient (Wildman–Crippen LogP) is 2.38. The minimum absolute atomic E-state index is 0.0699. The van der Waals surface area contributed by atoms with Crippen LogP contribution in [0.5, 0.6) is 0 Å². The highest BCUT2D eigenvalue weighted by atomic mass is 32.2. The van der Waals surface area contributed by atoms with Crippen LogP contribution in [0.4, 0.5) is 10.1 Å². The number of carbonyl (C=O) groups excluding carboxylic acids is 1. The van der Waals surface area contributed by atoms with Gasteiger partial charge in [0.2, 0.25) is 27.6 Å². The van der Waals surface area contributed by atoms with Gasteiger partial charge in [0.25, 0.3) is 0 Å². The standard InChI is InChI=1S/C22H24FN5O4S/c1-27-11-13-28(14-12-27)33(30,31)19-4-2-3-18(15-19)24-20(29)9-10-21-25-22(26-32-21)16-5-7-17(23)8-6-16/h2-8,15H,9-14H2,1H3,(H,24,29). The summed E-state index contributed by atoms with van der Waals surface area (Å²) in [5, 5.41) is 6.57. The van der Waals surface area contributed by atoms with Crippen LogP contribution in [0.15, 0.2) is 57.9 Å². The van der Waals surface area contributed by atoms with Crippen molar-refractivity contribution in [3.8, 4) is 11.4 Å². The lowest BCUT2D eigenvalue weighted by Gasteiger charge is -2.31. The molecule has 3 aromatic rings. The molecule has 4 rings (SSSR count). The van der Waals surface area contributed by atoms with Gasteiger partial charge in [0, 0.05) is 50.3 Å². The highest BCUT2D eigenvalue weighted by Gasteiger charge is 2.27. The molecule has 1 N–H and O–H groups in total. The topological polar surface area (TPSA) is 109 Å². The first-order chi connectivity index (χ1) is 15.8. The summed E-state index contributed by atoms with van der Waals surface area (Å²) in [6.07, 6.45) is 0.278. The molecule has 2 aromatic carbocycles. The first-order valence-electron chi connectivity index (χ1n) is 10.5. The molecule has 9 nitrogen and oxygen atoms in total. The molecule has 1 amide bonds. The maximum absolute atomic E-state index is 13.0. The third kappa shape index (κ3) is 5.62. The van der Waals surface area contributed by atoms with Crippen molar-refractivity contribution in [1.82, 2.24) is 19.3 Å². The van der Waals surface area contributed by atoms with E-state index in [9.17, 15) is 17.6 Å². The van der Waals surface area contributed by atoms with Gasteiger partial charge in [-0.3, -0.25) is 4.79 Å². The molecule has 33 heavy (non-hydrogen) atoms. The van der Waals surface area contributed by atoms with Gasteiger partial charge in [-0.05, 0) is 49.5 Å². The van der Waals surface area contributed by atoms with E-state index in [-0.39, 0.29) is 35.4 Å². The fraction of sp³-hybridized carbons (Fsp3) is 0.318. The van der Waals surface area contributed by atoms with Crippen LogP contribution in [0.2, 0.25) is 0 Å². The molecule has 1 saturated heterocycles. The Labute approximate surface area is 191 Å². The van der Waals surface area contributed by atoms with Crippen molar-refractivity contribution in [3.05, 3.63) is 60.2 Å². The normalized spacial score (nSPS) is 15.5. The lowest BCUT2D eigenvalue weighted by Crippen LogP contribution is -2.47. The van der Waals surface area contributed by atoms with Crippen molar-refractivity contribution in [2.45, 2.75) is 17.7 Å². The summed E-state index contributed by atoms with van der Waals surface area (Å²) in [5.41, 5.74) is 1.00. The first kappa shape index (κ1) is 23.0. The molecule has 0 aliphatic carbocycles. The quantitative estimate of drug-likeness (QED) is 0.561. The highest BCUT2D eigenvalue weighted by molar-refractivity contribution is 7.89. The van der Waals surface area contributed by atoms with Crippen LogP contribution in [0, 0.1) is 5.82 Å². The van der Waals surface area contributed by atoms with Gasteiger partial charge in [0.15, 0.2) is 0 Å². The molecule has 1 aliphatic heterocycles. The molecule has 0 spiro atoms. The average molecular weight is 474 g/mol. The number of carbonyl (C=O) groups is 1. The Balaban J connectivity index is 1.35. The van der Waals surface area contributed by atoms with Crippen molar-refractivity contribution in [1.29, 1.82) is 0 Å². The summed E-state index contributed by atoms with van der Waals surface area (Å²) >= 11 is 0. The molecule has 1 fully saturated rings. The third-order valence-electron chi connectivity index (χ3n) is 5.35. The van der Waals surface area contributed by atoms with Gasteiger partial charge in [-0.1, -0.05) is 11.2 Å². The zero-order chi connectivity index (χ0) is 23.4. The van der Waals surface area contributed by atoms with Crippen LogP contribution in [0.25, 0.3) is 11.4 Å². The molecule has 0 atom stereocenters. The molecule has 174 valence electrons. The fourth-order valence-corrected chi connectivity index (χ4v) is 4.90. The molecule has 2 heterocycles. The number of likely N-dealkylation sites (N-methyl/N-ethyl adjacent to an activating group) is 1. The van der Waals surface area contributed by atoms with Crippen LogP contribution < -0.4 is 5.32 Å². The number of hydrogen-bond acceptors (Lipinski definition) is 7. The number of aromatic nitrogens is 2. The number of nitrogens with zero attached hydrogens (tertiary/aromatic N) is 4. The van der Waals surface area contributed by atoms with E-state index in [1.165, 1.54) is 28.6 Å². The Morgan fingerprint density at radius 1 is 1.12 bits per heavy atom. The van der Waals surface area contributed by atoms with Crippen LogP contribution in [-0.2, 0) is 21.2 Å². The molecule has 0 radical (unpaired) electrons. The number of hydrogen-bond donors (Lipinski definition) is 1. The number of rotatable bonds is 7. The number of amides is 1. The zero-order valence-corrected chi connectivity index (χ0v) is 18.9. The van der Waals surface area contributed by atoms with Crippen molar-refractivity contribution in [2.24, 2.45) is 0 Å². The van der Waals surface area contributed by atoms with Crippen molar-refractivity contribution in [3.63, 3.8) is 0 Å². The second kappa shape index (κ2) is 9.77. The van der Waals surface area contributed by atoms with Crippen LogP contribution in [-0.4, -0.2) is 66.9 Å². The lowest BCUT2D eigenvalue weighted by molar-refractivity contribution is -0.116. The number of aryl methyl sites for hydroxylation is 1. The van der Waals surface area contributed by atoms with E-state index in [0.29, 0.717) is 43.3 Å². The second-order valence-electron chi connectivity index (χ2n) is 7.80. The number of sulfonamides is 1. The summed E-state index contributed by atoms with van der Waals surface area (Å²) in [7, 11) is -1.67. The van der Waals surface area contributed by atoms with Crippen LogP contribution in [0.1, 0.15) is 12.3 Å². The van der Waals surface area contributed by atoms with E-state index in [4.69, 9.17) is 4.52 Å². The van der Waals surface area contributed by atoms with E-state index in [1.54, 1.807) is 24.3 Å². The molecule has 1 aliphatic rings. The summed E-state index contributed by atoms with van der Waals surface area (Å²) in [5.74, 6) is -0.0895. The Bertz CT molecular complexity index is 1220. The summed E-state index contributed by atoms with van der Waals surface area (Å²) in [6.45, 7) is 2.21. The number of benzene rings is 2. The second-order valence-corrected chi connectivity index (χ2v) is 9.74. The van der Waals surface area contributed by atoms with Crippen molar-refractivity contribution >= 4 is 21.6 Å². The molecular formula is C22H24FN5O4S. The summed E-state index contributed by atoms with van der Waals surface area (Å²) in [4.78, 5) is 18.8. The van der Waals surface area contributed by atoms with Crippen molar-refractivity contribution in [2.75, 3.05) is 38.5 Å². The largest absolute Gasteiger partial charge is 0.339 e. The van der Waals surface area contributed by atoms with Gasteiger partial charge >= 0.3 is 0 Å². The van der Waals surface area contributed by atoms with E-state index in [2.05, 4.69) is 20.4 Å². The zero-order valence-electron chi connectivity index (χ0n) is 18.1. The molecule has 11 heteroatoms. The SMILES string of the molecule is CN1CCN(S(=O)(=O)c2cccc(NC(=O)CCc3nc(-c4ccc(F)cc4)no3)c2)CC1. The van der Waals surface area contributed by atoms with Gasteiger partial charge < -0.3 is 14.7 Å². The average Bonchev–Trinajstić information content (AvgIpc) is 3.28. The number of nitrogens with one attached hydrogen (secondary N) is 1. The summed E-state index contributed by atoms with van der Waals surface area (Å²) in [6, 6.07) is 11.9. The van der Waals surface area contributed by atoms with E-state index in [1.807, 2.05) is 7.05 Å². The minimum Gasteiger partial charge on any atom is -0.339 e. The van der Waals surface area contributed by atoms with Gasteiger partial charge in [0.05, 0.1) is 4.90 Å². The molecule has 1 aromatic heterocycles. The highest BCUT2D eigenvalue weighted by Crippen LogP contribution is 2.21. The third-order valence-corrected chi connectivity index (χ3v) is 7.25. The van der Waals surface area contributed by atoms with E-state index >= 15 is 0 Å². The molecule has 0 unspecified atom stereocenters. The number of piperazine rings is 1. The molecular weight excluding hydrogens is 449 g/mol. The van der Waals surface area contributed by atoms with Gasteiger partial charge in [0.1, 0.15) is 5.82 Å². The number of anilines is 1. The Morgan fingerprint density at radius 3 is 2.58 bits per heavy atom. The minimum atomic E-state index is -3.63. The maximum atomic E-state index is 13.0. The fourth-order valence-electron chi connectivity index (χ4n) is 3.43.